The molecular formula is C14H20N6O2S. The van der Waals surface area contributed by atoms with E-state index in [0.29, 0.717) is 11.0 Å². The van der Waals surface area contributed by atoms with Crippen molar-refractivity contribution in [3.8, 4) is 0 Å². The molecule has 1 aliphatic carbocycles. The third kappa shape index (κ3) is 3.34. The monoisotopic (exact) mass is 336 g/mol. The molecule has 2 aromatic rings. The van der Waals surface area contributed by atoms with E-state index in [0.717, 1.165) is 12.8 Å². The van der Waals surface area contributed by atoms with Gasteiger partial charge >= 0.3 is 5.69 Å². The summed E-state index contributed by atoms with van der Waals surface area (Å²) in [6, 6.07) is 2.15. The maximum absolute atomic E-state index is 12.4. The van der Waals surface area contributed by atoms with Crippen LogP contribution in [0.4, 0.5) is 5.82 Å². The Morgan fingerprint density at radius 2 is 2.17 bits per heavy atom. The molecule has 2 N–H and O–H groups in total. The van der Waals surface area contributed by atoms with Crippen molar-refractivity contribution in [1.29, 1.82) is 0 Å². The molecule has 9 heteroatoms. The molecule has 0 radical (unpaired) electrons. The summed E-state index contributed by atoms with van der Waals surface area (Å²) in [5.41, 5.74) is -0.208. The molecule has 1 aliphatic rings. The average Bonchev–Trinajstić information content (AvgIpc) is 3.10. The minimum atomic E-state index is -0.377. The summed E-state index contributed by atoms with van der Waals surface area (Å²) in [5, 5.41) is 13.8. The van der Waals surface area contributed by atoms with Crippen molar-refractivity contribution in [1.82, 2.24) is 24.5 Å². The topological polar surface area (TPSA) is 97.6 Å². The van der Waals surface area contributed by atoms with Crippen molar-refractivity contribution in [2.75, 3.05) is 5.32 Å². The minimum Gasteiger partial charge on any atom is -0.310 e. The SMILES string of the molecule is CC(C)n1nccc1NC(=O)[C@H](C)Sc1n[nH]c(=O)n1C1CC1. The molecule has 1 atom stereocenters. The van der Waals surface area contributed by atoms with Crippen LogP contribution in [0, 0.1) is 0 Å². The maximum Gasteiger partial charge on any atom is 0.344 e. The Balaban J connectivity index is 1.68. The number of nitrogens with one attached hydrogen (secondary N) is 2. The Hall–Kier alpha value is -2.03. The van der Waals surface area contributed by atoms with Gasteiger partial charge in [0.15, 0.2) is 5.16 Å². The van der Waals surface area contributed by atoms with E-state index in [-0.39, 0.29) is 28.9 Å². The quantitative estimate of drug-likeness (QED) is 0.784. The number of rotatable bonds is 6. The van der Waals surface area contributed by atoms with E-state index in [2.05, 4.69) is 20.6 Å². The highest BCUT2D eigenvalue weighted by Gasteiger charge is 2.30. The lowest BCUT2D eigenvalue weighted by atomic mass is 10.4. The molecule has 1 amide bonds. The van der Waals surface area contributed by atoms with Gasteiger partial charge in [-0.15, -0.1) is 5.10 Å². The van der Waals surface area contributed by atoms with Gasteiger partial charge in [-0.05, 0) is 33.6 Å². The third-order valence-corrected chi connectivity index (χ3v) is 4.71. The molecular weight excluding hydrogens is 316 g/mol. The Morgan fingerprint density at radius 3 is 2.83 bits per heavy atom. The lowest BCUT2D eigenvalue weighted by molar-refractivity contribution is -0.115. The molecule has 0 spiro atoms. The van der Waals surface area contributed by atoms with E-state index < -0.39 is 0 Å². The van der Waals surface area contributed by atoms with Crippen molar-refractivity contribution in [2.45, 2.75) is 56.1 Å². The van der Waals surface area contributed by atoms with E-state index in [9.17, 15) is 9.59 Å². The van der Waals surface area contributed by atoms with Crippen LogP contribution in [0.25, 0.3) is 0 Å². The van der Waals surface area contributed by atoms with Crippen molar-refractivity contribution in [3.05, 3.63) is 22.7 Å². The highest BCUT2D eigenvalue weighted by Crippen LogP contribution is 2.36. The van der Waals surface area contributed by atoms with Gasteiger partial charge in [0.05, 0.1) is 11.4 Å². The molecule has 3 rings (SSSR count). The molecule has 0 bridgehead atoms. The van der Waals surface area contributed by atoms with Crippen LogP contribution in [0.5, 0.6) is 0 Å². The zero-order valence-corrected chi connectivity index (χ0v) is 14.1. The first-order valence-electron chi connectivity index (χ1n) is 7.65. The fraction of sp³-hybridized carbons (Fsp3) is 0.571. The van der Waals surface area contributed by atoms with E-state index in [1.165, 1.54) is 11.8 Å². The first-order valence-corrected chi connectivity index (χ1v) is 8.53. The van der Waals surface area contributed by atoms with Crippen LogP contribution < -0.4 is 11.0 Å². The maximum atomic E-state index is 12.4. The number of nitrogens with zero attached hydrogens (tertiary/aromatic N) is 4. The highest BCUT2D eigenvalue weighted by molar-refractivity contribution is 8.00. The summed E-state index contributed by atoms with van der Waals surface area (Å²) in [7, 11) is 0. The van der Waals surface area contributed by atoms with E-state index in [1.807, 2.05) is 13.8 Å². The molecule has 0 unspecified atom stereocenters. The molecule has 1 fully saturated rings. The molecule has 23 heavy (non-hydrogen) atoms. The van der Waals surface area contributed by atoms with Crippen molar-refractivity contribution >= 4 is 23.5 Å². The Morgan fingerprint density at radius 1 is 1.43 bits per heavy atom. The van der Waals surface area contributed by atoms with Crippen LogP contribution in [0.3, 0.4) is 0 Å². The van der Waals surface area contributed by atoms with Crippen LogP contribution >= 0.6 is 11.8 Å². The number of amides is 1. The molecule has 0 aromatic carbocycles. The zero-order valence-electron chi connectivity index (χ0n) is 13.3. The van der Waals surface area contributed by atoms with Crippen LogP contribution in [-0.2, 0) is 4.79 Å². The van der Waals surface area contributed by atoms with Gasteiger partial charge < -0.3 is 5.32 Å². The van der Waals surface area contributed by atoms with Gasteiger partial charge in [0, 0.05) is 18.2 Å². The lowest BCUT2D eigenvalue weighted by Crippen LogP contribution is -2.25. The summed E-state index contributed by atoms with van der Waals surface area (Å²) in [6.45, 7) is 5.80. The second kappa shape index (κ2) is 6.23. The molecule has 8 nitrogen and oxygen atoms in total. The van der Waals surface area contributed by atoms with Crippen molar-refractivity contribution < 1.29 is 4.79 Å². The van der Waals surface area contributed by atoms with Crippen molar-refractivity contribution in [2.24, 2.45) is 0 Å². The molecule has 124 valence electrons. The summed E-state index contributed by atoms with van der Waals surface area (Å²) in [6.07, 6.45) is 3.63. The van der Waals surface area contributed by atoms with Gasteiger partial charge in [-0.3, -0.25) is 9.36 Å². The van der Waals surface area contributed by atoms with Gasteiger partial charge in [-0.25, -0.2) is 14.6 Å². The Kier molecular flexibility index (Phi) is 4.29. The predicted molar refractivity (Wildman–Crippen MR) is 87.7 cm³/mol. The number of hydrogen-bond donors (Lipinski definition) is 2. The zero-order chi connectivity index (χ0) is 16.6. The second-order valence-corrected chi connectivity index (χ2v) is 7.22. The Labute approximate surface area is 137 Å². The smallest absolute Gasteiger partial charge is 0.310 e. The molecule has 0 aliphatic heterocycles. The number of aromatic nitrogens is 5. The molecule has 2 aromatic heterocycles. The first kappa shape index (κ1) is 15.9. The fourth-order valence-corrected chi connectivity index (χ4v) is 3.22. The predicted octanol–water partition coefficient (Wildman–Crippen LogP) is 1.80. The largest absolute Gasteiger partial charge is 0.344 e. The first-order chi connectivity index (χ1) is 11.0. The van der Waals surface area contributed by atoms with Gasteiger partial charge in [-0.1, -0.05) is 11.8 Å². The molecule has 1 saturated carbocycles. The number of carbonyl (C=O) groups excluding carboxylic acids is 1. The second-order valence-electron chi connectivity index (χ2n) is 5.92. The number of carbonyl (C=O) groups is 1. The van der Waals surface area contributed by atoms with Crippen LogP contribution in [0.1, 0.15) is 45.7 Å². The average molecular weight is 336 g/mol. The highest BCUT2D eigenvalue weighted by atomic mass is 32.2. The van der Waals surface area contributed by atoms with Gasteiger partial charge in [0.1, 0.15) is 5.82 Å². The van der Waals surface area contributed by atoms with E-state index in [4.69, 9.17) is 0 Å². The number of aromatic amines is 1. The summed E-state index contributed by atoms with van der Waals surface area (Å²) in [4.78, 5) is 24.2. The van der Waals surface area contributed by atoms with E-state index in [1.54, 1.807) is 28.4 Å². The molecule has 2 heterocycles. The van der Waals surface area contributed by atoms with Gasteiger partial charge in [0.25, 0.3) is 0 Å². The van der Waals surface area contributed by atoms with Gasteiger partial charge in [-0.2, -0.15) is 5.10 Å². The van der Waals surface area contributed by atoms with Crippen LogP contribution in [-0.4, -0.2) is 35.7 Å². The Bertz CT molecular complexity index is 757. The number of thioether (sulfide) groups is 1. The fourth-order valence-electron chi connectivity index (χ4n) is 2.29. The van der Waals surface area contributed by atoms with Crippen LogP contribution in [0.2, 0.25) is 0 Å². The van der Waals surface area contributed by atoms with Gasteiger partial charge in [0.2, 0.25) is 5.91 Å². The number of hydrogen-bond acceptors (Lipinski definition) is 5. The number of anilines is 1. The molecule has 0 saturated heterocycles. The van der Waals surface area contributed by atoms with Crippen molar-refractivity contribution in [3.63, 3.8) is 0 Å². The summed E-state index contributed by atoms with van der Waals surface area (Å²) in [5.74, 6) is 0.522. The normalized spacial score (nSPS) is 15.8. The standard InChI is InChI=1S/C14H20N6O2S/c1-8(2)20-11(6-7-15-20)16-12(21)9(3)23-14-18-17-13(22)19(14)10-4-5-10/h6-10H,4-5H2,1-3H3,(H,16,21)(H,17,22)/t9-/m0/s1. The summed E-state index contributed by atoms with van der Waals surface area (Å²) >= 11 is 1.28. The number of H-pyrrole nitrogens is 1. The van der Waals surface area contributed by atoms with E-state index >= 15 is 0 Å². The summed E-state index contributed by atoms with van der Waals surface area (Å²) < 4.78 is 3.40. The lowest BCUT2D eigenvalue weighted by Gasteiger charge is -2.14. The van der Waals surface area contributed by atoms with Crippen LogP contribution in [0.15, 0.2) is 22.2 Å². The third-order valence-electron chi connectivity index (χ3n) is 3.65. The minimum absolute atomic E-state index is 0.143.